The molecule has 0 radical (unpaired) electrons. The molecule has 31 heavy (non-hydrogen) atoms. The van der Waals surface area contributed by atoms with Crippen LogP contribution in [0.5, 0.6) is 0 Å². The van der Waals surface area contributed by atoms with Crippen molar-refractivity contribution < 1.29 is 9.53 Å². The van der Waals surface area contributed by atoms with E-state index < -0.39 is 5.97 Å². The lowest BCUT2D eigenvalue weighted by molar-refractivity contribution is 0.0526. The minimum Gasteiger partial charge on any atom is -0.462 e. The van der Waals surface area contributed by atoms with Crippen molar-refractivity contribution in [2.75, 3.05) is 11.5 Å². The molecule has 162 valence electrons. The summed E-state index contributed by atoms with van der Waals surface area (Å²) in [6.45, 7) is 6.21. The number of fused-ring (bicyclic) bond motifs is 3. The highest BCUT2D eigenvalue weighted by Crippen LogP contribution is 2.43. The Morgan fingerprint density at radius 1 is 1.19 bits per heavy atom. The number of carbonyl (C=O) groups is 1. The fourth-order valence-corrected chi connectivity index (χ4v) is 4.72. The summed E-state index contributed by atoms with van der Waals surface area (Å²) < 4.78 is 8.65. The molecule has 0 aromatic carbocycles. The Bertz CT molecular complexity index is 1110. The van der Waals surface area contributed by atoms with Crippen LogP contribution in [0, 0.1) is 6.92 Å². The van der Waals surface area contributed by atoms with E-state index in [4.69, 9.17) is 9.72 Å². The molecule has 0 saturated heterocycles. The van der Waals surface area contributed by atoms with E-state index in [1.54, 1.807) is 19.3 Å². The van der Waals surface area contributed by atoms with Crippen LogP contribution in [-0.4, -0.2) is 53.1 Å². The van der Waals surface area contributed by atoms with Gasteiger partial charge in [-0.25, -0.2) is 14.5 Å². The Labute approximate surface area is 180 Å². The number of aromatic nitrogens is 7. The second-order valence-electron chi connectivity index (χ2n) is 7.98. The maximum absolute atomic E-state index is 12.0. The molecule has 10 nitrogen and oxygen atoms in total. The molecular formula is C21H26N8O2. The quantitative estimate of drug-likeness (QED) is 0.578. The smallest absolute Gasteiger partial charge is 0.341 e. The van der Waals surface area contributed by atoms with Gasteiger partial charge in [-0.15, -0.1) is 10.2 Å². The van der Waals surface area contributed by atoms with Crippen molar-refractivity contribution in [2.45, 2.75) is 65.0 Å². The highest BCUT2D eigenvalue weighted by molar-refractivity contribution is 5.88. The number of esters is 1. The van der Waals surface area contributed by atoms with E-state index in [1.807, 2.05) is 6.92 Å². The predicted octanol–water partition coefficient (Wildman–Crippen LogP) is 2.94. The van der Waals surface area contributed by atoms with Crippen LogP contribution in [0.25, 0.3) is 11.6 Å². The van der Waals surface area contributed by atoms with E-state index in [9.17, 15) is 4.79 Å². The van der Waals surface area contributed by atoms with Gasteiger partial charge in [-0.3, -0.25) is 4.57 Å². The van der Waals surface area contributed by atoms with Gasteiger partial charge in [-0.2, -0.15) is 10.1 Å². The molecule has 1 aliphatic carbocycles. The van der Waals surface area contributed by atoms with Crippen molar-refractivity contribution in [3.8, 4) is 11.6 Å². The summed E-state index contributed by atoms with van der Waals surface area (Å²) in [5, 5.41) is 13.1. The summed E-state index contributed by atoms with van der Waals surface area (Å²) in [4.78, 5) is 23.9. The van der Waals surface area contributed by atoms with Gasteiger partial charge >= 0.3 is 5.97 Å². The molecule has 5 rings (SSSR count). The highest BCUT2D eigenvalue weighted by atomic mass is 16.5. The molecule has 1 saturated carbocycles. The lowest BCUT2D eigenvalue weighted by Crippen LogP contribution is -2.42. The minimum atomic E-state index is -0.407. The number of hydrogen-bond acceptors (Lipinski definition) is 8. The van der Waals surface area contributed by atoms with E-state index in [-0.39, 0.29) is 6.04 Å². The second kappa shape index (κ2) is 7.75. The molecule has 0 N–H and O–H groups in total. The van der Waals surface area contributed by atoms with Gasteiger partial charge in [0, 0.05) is 12.2 Å². The normalized spacial score (nSPS) is 18.2. The maximum Gasteiger partial charge on any atom is 0.341 e. The molecule has 3 aromatic rings. The fourth-order valence-electron chi connectivity index (χ4n) is 4.72. The van der Waals surface area contributed by atoms with Crippen LogP contribution in [0.15, 0.2) is 18.6 Å². The Morgan fingerprint density at radius 2 is 2.00 bits per heavy atom. The molecule has 1 atom stereocenters. The maximum atomic E-state index is 12.0. The third-order valence-corrected chi connectivity index (χ3v) is 6.11. The van der Waals surface area contributed by atoms with Gasteiger partial charge in [0.15, 0.2) is 11.6 Å². The van der Waals surface area contributed by atoms with Gasteiger partial charge in [-0.05, 0) is 33.1 Å². The number of rotatable bonds is 5. The molecule has 4 heterocycles. The molecule has 1 aliphatic heterocycles. The van der Waals surface area contributed by atoms with Gasteiger partial charge in [0.2, 0.25) is 0 Å². The van der Waals surface area contributed by atoms with Crippen molar-refractivity contribution in [3.05, 3.63) is 35.8 Å². The van der Waals surface area contributed by atoms with Crippen LogP contribution >= 0.6 is 0 Å². The van der Waals surface area contributed by atoms with Gasteiger partial charge in [0.05, 0.1) is 30.6 Å². The molecule has 1 fully saturated rings. The Morgan fingerprint density at radius 3 is 2.74 bits per heavy atom. The first-order valence-corrected chi connectivity index (χ1v) is 10.9. The topological polar surface area (TPSA) is 104 Å². The third kappa shape index (κ3) is 3.17. The SMILES string of the molecule is CCOC(=O)c1cnn(-c2ncc3c(n2)N(C2CCCC2)[C@H](CC)c2nnc(C)n2-3)c1. The van der Waals surface area contributed by atoms with Crippen molar-refractivity contribution in [2.24, 2.45) is 0 Å². The summed E-state index contributed by atoms with van der Waals surface area (Å²) in [6, 6.07) is 0.511. The van der Waals surface area contributed by atoms with Crippen LogP contribution in [0.3, 0.4) is 0 Å². The molecule has 0 unspecified atom stereocenters. The predicted molar refractivity (Wildman–Crippen MR) is 113 cm³/mol. The fraction of sp³-hybridized carbons (Fsp3) is 0.524. The number of hydrogen-bond donors (Lipinski definition) is 0. The van der Waals surface area contributed by atoms with Crippen molar-refractivity contribution in [1.29, 1.82) is 0 Å². The second-order valence-corrected chi connectivity index (χ2v) is 7.98. The first-order valence-electron chi connectivity index (χ1n) is 10.9. The summed E-state index contributed by atoms with van der Waals surface area (Å²) in [7, 11) is 0. The highest BCUT2D eigenvalue weighted by Gasteiger charge is 2.39. The zero-order valence-corrected chi connectivity index (χ0v) is 18.0. The Balaban J connectivity index is 1.62. The molecule has 10 heteroatoms. The third-order valence-electron chi connectivity index (χ3n) is 6.11. The zero-order valence-electron chi connectivity index (χ0n) is 18.0. The van der Waals surface area contributed by atoms with Crippen LogP contribution in [0.2, 0.25) is 0 Å². The molecule has 2 aliphatic rings. The van der Waals surface area contributed by atoms with E-state index in [0.717, 1.165) is 42.4 Å². The largest absolute Gasteiger partial charge is 0.462 e. The first-order chi connectivity index (χ1) is 15.1. The number of ether oxygens (including phenoxy) is 1. The van der Waals surface area contributed by atoms with Crippen molar-refractivity contribution in [1.82, 2.24) is 34.5 Å². The van der Waals surface area contributed by atoms with Gasteiger partial charge in [0.25, 0.3) is 5.95 Å². The summed E-state index contributed by atoms with van der Waals surface area (Å²) in [6.07, 6.45) is 10.5. The number of aryl methyl sites for hydroxylation is 1. The molecule has 0 amide bonds. The van der Waals surface area contributed by atoms with E-state index in [0.29, 0.717) is 24.2 Å². The van der Waals surface area contributed by atoms with Crippen molar-refractivity contribution >= 4 is 11.8 Å². The van der Waals surface area contributed by atoms with Crippen LogP contribution < -0.4 is 4.90 Å². The van der Waals surface area contributed by atoms with Gasteiger partial charge in [-0.1, -0.05) is 19.8 Å². The number of carbonyl (C=O) groups excluding carboxylic acids is 1. The van der Waals surface area contributed by atoms with Crippen LogP contribution in [0.4, 0.5) is 5.82 Å². The molecule has 0 bridgehead atoms. The molecule has 3 aromatic heterocycles. The standard InChI is InChI=1S/C21H26N8O2/c1-4-16-19-26-25-13(3)28(19)17-11-22-21(24-18(17)29(16)15-8-6-7-9-15)27-12-14(10-23-27)20(30)31-5-2/h10-12,15-16H,4-9H2,1-3H3/t16-/m1/s1. The average molecular weight is 422 g/mol. The van der Waals surface area contributed by atoms with Crippen LogP contribution in [0.1, 0.15) is 74.0 Å². The average Bonchev–Trinajstić information content (AvgIpc) is 3.54. The van der Waals surface area contributed by atoms with Gasteiger partial charge < -0.3 is 9.64 Å². The summed E-state index contributed by atoms with van der Waals surface area (Å²) in [5.41, 5.74) is 1.26. The molecule has 0 spiro atoms. The zero-order chi connectivity index (χ0) is 21.5. The number of nitrogens with zero attached hydrogens (tertiary/aromatic N) is 8. The number of anilines is 1. The van der Waals surface area contributed by atoms with Crippen LogP contribution in [-0.2, 0) is 4.74 Å². The van der Waals surface area contributed by atoms with E-state index in [2.05, 4.69) is 36.7 Å². The Kier molecular flexibility index (Phi) is 4.91. The van der Waals surface area contributed by atoms with E-state index in [1.165, 1.54) is 23.7 Å². The summed E-state index contributed by atoms with van der Waals surface area (Å²) >= 11 is 0. The van der Waals surface area contributed by atoms with E-state index >= 15 is 0 Å². The monoisotopic (exact) mass is 422 g/mol. The molecular weight excluding hydrogens is 396 g/mol. The lowest BCUT2D eigenvalue weighted by atomic mass is 10.0. The first kappa shape index (κ1) is 19.7. The Hall–Kier alpha value is -3.30. The summed E-state index contributed by atoms with van der Waals surface area (Å²) in [5.74, 6) is 2.64. The van der Waals surface area contributed by atoms with Crippen molar-refractivity contribution in [3.63, 3.8) is 0 Å². The minimum absolute atomic E-state index is 0.104. The lowest BCUT2D eigenvalue weighted by Gasteiger charge is -2.41. The van der Waals surface area contributed by atoms with Gasteiger partial charge in [0.1, 0.15) is 11.5 Å².